The maximum atomic E-state index is 14.5. The third-order valence-corrected chi connectivity index (χ3v) is 10.9. The summed E-state index contributed by atoms with van der Waals surface area (Å²) in [5, 5.41) is 10.4. The van der Waals surface area contributed by atoms with Gasteiger partial charge in [-0.2, -0.15) is 0 Å². The Kier molecular flexibility index (Phi) is 6.36. The minimum Gasteiger partial charge on any atom is -0.394 e. The van der Waals surface area contributed by atoms with Crippen LogP contribution in [0.4, 0.5) is 0 Å². The second-order valence-electron chi connectivity index (χ2n) is 11.5. The van der Waals surface area contributed by atoms with Crippen molar-refractivity contribution in [1.82, 2.24) is 14.7 Å². The van der Waals surface area contributed by atoms with Crippen LogP contribution in [-0.2, 0) is 14.4 Å². The zero-order valence-corrected chi connectivity index (χ0v) is 22.2. The fraction of sp³-hybridized carbons (Fsp3) is 0.741. The number of rotatable bonds is 4. The fourth-order valence-corrected chi connectivity index (χ4v) is 9.44. The lowest BCUT2D eigenvalue weighted by Crippen LogP contribution is -2.59. The van der Waals surface area contributed by atoms with Crippen molar-refractivity contribution in [3.05, 3.63) is 24.3 Å². The van der Waals surface area contributed by atoms with E-state index in [-0.39, 0.29) is 36.3 Å². The number of amides is 3. The highest BCUT2D eigenvalue weighted by Gasteiger charge is 2.74. The molecule has 2 saturated heterocycles. The van der Waals surface area contributed by atoms with Gasteiger partial charge in [0.25, 0.3) is 0 Å². The van der Waals surface area contributed by atoms with Crippen LogP contribution in [0.5, 0.6) is 0 Å². The molecule has 192 valence electrons. The fourth-order valence-electron chi connectivity index (χ4n) is 7.30. The van der Waals surface area contributed by atoms with Crippen molar-refractivity contribution in [3.8, 4) is 0 Å². The van der Waals surface area contributed by atoms with E-state index >= 15 is 0 Å². The van der Waals surface area contributed by atoms with E-state index in [2.05, 4.69) is 18.2 Å². The molecule has 1 N–H and O–H groups in total. The molecular formula is C27H39N3O4S. The quantitative estimate of drug-likeness (QED) is 0.599. The number of hydrogen-bond acceptors (Lipinski definition) is 5. The highest BCUT2D eigenvalue weighted by Crippen LogP contribution is 2.66. The number of likely N-dealkylation sites (tertiary alicyclic amines) is 1. The summed E-state index contributed by atoms with van der Waals surface area (Å²) < 4.78 is -1.42. The Labute approximate surface area is 213 Å². The van der Waals surface area contributed by atoms with Crippen LogP contribution in [0.15, 0.2) is 24.3 Å². The third-order valence-electron chi connectivity index (χ3n) is 9.06. The molecule has 0 bridgehead atoms. The molecule has 7 nitrogen and oxygen atoms in total. The monoisotopic (exact) mass is 501 g/mol. The highest BCUT2D eigenvalue weighted by molar-refractivity contribution is 8.02. The van der Waals surface area contributed by atoms with Gasteiger partial charge in [-0.1, -0.05) is 57.4 Å². The molecule has 8 heteroatoms. The Morgan fingerprint density at radius 3 is 2.34 bits per heavy atom. The van der Waals surface area contributed by atoms with Crippen molar-refractivity contribution in [2.75, 3.05) is 26.7 Å². The Balaban J connectivity index is 1.66. The average Bonchev–Trinajstić information content (AvgIpc) is 3.10. The predicted molar refractivity (Wildman–Crippen MR) is 137 cm³/mol. The summed E-state index contributed by atoms with van der Waals surface area (Å²) in [7, 11) is 1.78. The van der Waals surface area contributed by atoms with Crippen molar-refractivity contribution in [3.63, 3.8) is 0 Å². The Morgan fingerprint density at radius 1 is 1.00 bits per heavy atom. The largest absolute Gasteiger partial charge is 0.394 e. The molecule has 4 heterocycles. The summed E-state index contributed by atoms with van der Waals surface area (Å²) in [5.74, 6) is -1.44. The van der Waals surface area contributed by atoms with E-state index < -0.39 is 33.4 Å². The molecule has 3 fully saturated rings. The number of carbonyl (C=O) groups is 3. The molecule has 1 saturated carbocycles. The van der Waals surface area contributed by atoms with Gasteiger partial charge in [0.15, 0.2) is 0 Å². The van der Waals surface area contributed by atoms with Crippen LogP contribution < -0.4 is 0 Å². The van der Waals surface area contributed by atoms with Gasteiger partial charge in [0, 0.05) is 30.9 Å². The summed E-state index contributed by atoms with van der Waals surface area (Å²) in [5.41, 5.74) is 0. The minimum absolute atomic E-state index is 0.0193. The van der Waals surface area contributed by atoms with E-state index in [1.807, 2.05) is 31.7 Å². The van der Waals surface area contributed by atoms with Gasteiger partial charge in [-0.15, -0.1) is 11.8 Å². The third kappa shape index (κ3) is 3.61. The lowest BCUT2D eigenvalue weighted by Gasteiger charge is -2.42. The van der Waals surface area contributed by atoms with E-state index in [1.54, 1.807) is 28.6 Å². The number of carbonyl (C=O) groups excluding carboxylic acids is 3. The van der Waals surface area contributed by atoms with E-state index in [0.717, 1.165) is 25.7 Å². The summed E-state index contributed by atoms with van der Waals surface area (Å²) in [6.45, 7) is 6.86. The molecule has 5 aliphatic rings. The SMILES string of the molecule is CC(C)[C@H](CO)N1C(=O)[C@@H]2[C@H]3C(=O)N(C)CC=C[C@@]3(C)S[C@@]23C=CCN(C2CCCCC2)C(=O)C13. The summed E-state index contributed by atoms with van der Waals surface area (Å²) in [4.78, 5) is 47.9. The van der Waals surface area contributed by atoms with Crippen molar-refractivity contribution >= 4 is 29.5 Å². The second kappa shape index (κ2) is 8.94. The maximum absolute atomic E-state index is 14.5. The first kappa shape index (κ1) is 24.9. The van der Waals surface area contributed by atoms with Crippen LogP contribution in [0.25, 0.3) is 0 Å². The minimum atomic E-state index is -0.836. The molecule has 6 atom stereocenters. The molecule has 1 spiro atoms. The van der Waals surface area contributed by atoms with E-state index in [4.69, 9.17) is 0 Å². The molecule has 5 rings (SSSR count). The predicted octanol–water partition coefficient (Wildman–Crippen LogP) is 2.45. The van der Waals surface area contributed by atoms with Gasteiger partial charge in [0.1, 0.15) is 6.04 Å². The standard InChI is InChI=1S/C27H39N3O4S/c1-17(2)19(16-31)30-22-25(34)29(18-10-6-5-7-11-18)15-9-13-27(22)21(24(30)33)20-23(32)28(4)14-8-12-26(20,3)35-27/h8-9,12-13,17-22,31H,5-7,10-11,14-16H2,1-4H3/t19-,20-,21-,22?,26+,27-/m0/s1. The van der Waals surface area contributed by atoms with Crippen molar-refractivity contribution in [2.24, 2.45) is 17.8 Å². The first-order valence-corrected chi connectivity index (χ1v) is 14.0. The normalized spacial score (nSPS) is 38.5. The molecular weight excluding hydrogens is 462 g/mol. The molecule has 0 aromatic rings. The van der Waals surface area contributed by atoms with Gasteiger partial charge < -0.3 is 19.8 Å². The lowest BCUT2D eigenvalue weighted by atomic mass is 9.74. The molecule has 1 aliphatic carbocycles. The van der Waals surface area contributed by atoms with Crippen molar-refractivity contribution in [2.45, 2.75) is 80.5 Å². The van der Waals surface area contributed by atoms with Crippen molar-refractivity contribution in [1.29, 1.82) is 0 Å². The first-order valence-electron chi connectivity index (χ1n) is 13.2. The van der Waals surface area contributed by atoms with Gasteiger partial charge in [-0.25, -0.2) is 0 Å². The van der Waals surface area contributed by atoms with Crippen LogP contribution >= 0.6 is 11.8 Å². The van der Waals surface area contributed by atoms with Crippen LogP contribution in [0.2, 0.25) is 0 Å². The van der Waals surface area contributed by atoms with Gasteiger partial charge in [0.2, 0.25) is 17.7 Å². The van der Waals surface area contributed by atoms with Gasteiger partial charge in [-0.05, 0) is 25.7 Å². The molecule has 0 aromatic heterocycles. The number of nitrogens with zero attached hydrogens (tertiary/aromatic N) is 3. The number of hydrogen-bond donors (Lipinski definition) is 1. The van der Waals surface area contributed by atoms with Crippen LogP contribution in [0.3, 0.4) is 0 Å². The van der Waals surface area contributed by atoms with E-state index in [1.165, 1.54) is 6.42 Å². The first-order chi connectivity index (χ1) is 16.7. The zero-order chi connectivity index (χ0) is 25.1. The molecule has 35 heavy (non-hydrogen) atoms. The topological polar surface area (TPSA) is 81.2 Å². The van der Waals surface area contributed by atoms with Crippen LogP contribution in [0, 0.1) is 17.8 Å². The van der Waals surface area contributed by atoms with Gasteiger partial charge in [0.05, 0.1) is 29.2 Å². The number of aliphatic hydroxyl groups excluding tert-OH is 1. The number of aliphatic hydroxyl groups is 1. The molecule has 4 aliphatic heterocycles. The lowest BCUT2D eigenvalue weighted by molar-refractivity contribution is -0.149. The number of fused-ring (bicyclic) bond motifs is 2. The molecule has 1 unspecified atom stereocenters. The van der Waals surface area contributed by atoms with Crippen LogP contribution in [-0.4, -0.2) is 91.9 Å². The summed E-state index contributed by atoms with van der Waals surface area (Å²) in [6, 6.07) is -1.01. The number of likely N-dealkylation sites (N-methyl/N-ethyl adjacent to an activating group) is 1. The maximum Gasteiger partial charge on any atom is 0.247 e. The molecule has 0 aromatic carbocycles. The summed E-state index contributed by atoms with van der Waals surface area (Å²) in [6.07, 6.45) is 13.7. The van der Waals surface area contributed by atoms with Crippen LogP contribution in [0.1, 0.15) is 52.9 Å². The Hall–Kier alpha value is -1.80. The second-order valence-corrected chi connectivity index (χ2v) is 13.3. The smallest absolute Gasteiger partial charge is 0.247 e. The Bertz CT molecular complexity index is 960. The van der Waals surface area contributed by atoms with E-state index in [0.29, 0.717) is 13.1 Å². The summed E-state index contributed by atoms with van der Waals surface area (Å²) >= 11 is 1.62. The molecule has 3 amide bonds. The van der Waals surface area contributed by atoms with Gasteiger partial charge >= 0.3 is 0 Å². The van der Waals surface area contributed by atoms with Gasteiger partial charge in [-0.3, -0.25) is 14.4 Å². The molecule has 0 radical (unpaired) electrons. The zero-order valence-electron chi connectivity index (χ0n) is 21.4. The van der Waals surface area contributed by atoms with E-state index in [9.17, 15) is 19.5 Å². The highest BCUT2D eigenvalue weighted by atomic mass is 32.2. The van der Waals surface area contributed by atoms with Crippen molar-refractivity contribution < 1.29 is 19.5 Å². The Morgan fingerprint density at radius 2 is 1.69 bits per heavy atom. The number of thioether (sulfide) groups is 1. The average molecular weight is 502 g/mol.